The van der Waals surface area contributed by atoms with E-state index < -0.39 is 0 Å². The molecule has 0 amide bonds. The van der Waals surface area contributed by atoms with Gasteiger partial charge in [-0.15, -0.1) is 6.07 Å². The molecule has 132 valence electrons. The molecule has 0 spiro atoms. The topological polar surface area (TPSA) is 3.01 Å². The summed E-state index contributed by atoms with van der Waals surface area (Å²) in [5, 5.41) is 0. The first-order chi connectivity index (χ1) is 12.2. The molecule has 0 bridgehead atoms. The van der Waals surface area contributed by atoms with Crippen molar-refractivity contribution in [2.75, 3.05) is 0 Å². The van der Waals surface area contributed by atoms with Gasteiger partial charge in [0.2, 0.25) is 0 Å². The second-order valence-corrected chi connectivity index (χ2v) is 8.95. The van der Waals surface area contributed by atoms with E-state index in [1.807, 2.05) is 4.58 Å². The predicted molar refractivity (Wildman–Crippen MR) is 110 cm³/mol. The van der Waals surface area contributed by atoms with Gasteiger partial charge in [0.05, 0.1) is 6.72 Å². The summed E-state index contributed by atoms with van der Waals surface area (Å²) in [7, 11) is 0. The van der Waals surface area contributed by atoms with Crippen LogP contribution in [0.15, 0.2) is 66.4 Å². The Hall–Kier alpha value is -2.54. The molecule has 0 unspecified atom stereocenters. The van der Waals surface area contributed by atoms with E-state index in [9.17, 15) is 0 Å². The zero-order valence-corrected chi connectivity index (χ0v) is 16.4. The highest BCUT2D eigenvalue weighted by atomic mass is 15.0. The van der Waals surface area contributed by atoms with Gasteiger partial charge in [0.15, 0.2) is 0 Å². The summed E-state index contributed by atoms with van der Waals surface area (Å²) in [6, 6.07) is 16.8. The second kappa shape index (κ2) is 5.48. The van der Waals surface area contributed by atoms with Crippen molar-refractivity contribution in [2.24, 2.45) is 5.41 Å². The van der Waals surface area contributed by atoms with Gasteiger partial charge in [-0.2, -0.15) is 0 Å². The van der Waals surface area contributed by atoms with Gasteiger partial charge in [-0.05, 0) is 33.7 Å². The standard InChI is InChI=1S/C25H27N/c1-24(2,3)18-13-14-26(6)23(16-18)17-11-12-20-19-9-7-8-10-21(19)25(4,5)22(20)15-17/h7-16H,6H2,1-5H3. The zero-order valence-electron chi connectivity index (χ0n) is 16.4. The average Bonchev–Trinajstić information content (AvgIpc) is 2.82. The fourth-order valence-corrected chi connectivity index (χ4v) is 4.11. The maximum atomic E-state index is 4.21. The van der Waals surface area contributed by atoms with E-state index in [0.29, 0.717) is 0 Å². The van der Waals surface area contributed by atoms with Gasteiger partial charge in [-0.3, -0.25) is 4.58 Å². The third-order valence-electron chi connectivity index (χ3n) is 5.78. The molecule has 26 heavy (non-hydrogen) atoms. The quantitative estimate of drug-likeness (QED) is 0.436. The average molecular weight is 341 g/mol. The van der Waals surface area contributed by atoms with Gasteiger partial charge < -0.3 is 0 Å². The van der Waals surface area contributed by atoms with Gasteiger partial charge in [0.1, 0.15) is 12.2 Å². The molecular weight excluding hydrogens is 314 g/mol. The van der Waals surface area contributed by atoms with Crippen molar-refractivity contribution < 1.29 is 4.58 Å². The fraction of sp³-hybridized carbons (Fsp3) is 0.280. The molecule has 0 fully saturated rings. The van der Waals surface area contributed by atoms with E-state index in [0.717, 1.165) is 6.04 Å². The molecule has 4 rings (SSSR count). The summed E-state index contributed by atoms with van der Waals surface area (Å²) in [6.45, 7) is 15.6. The summed E-state index contributed by atoms with van der Waals surface area (Å²) >= 11 is 0. The molecule has 2 aliphatic rings. The molecule has 2 aromatic rings. The van der Waals surface area contributed by atoms with E-state index >= 15 is 0 Å². The van der Waals surface area contributed by atoms with Gasteiger partial charge in [0, 0.05) is 5.41 Å². The molecule has 0 aromatic heterocycles. The van der Waals surface area contributed by atoms with E-state index in [1.54, 1.807) is 0 Å². The molecule has 0 atom stereocenters. The maximum absolute atomic E-state index is 4.21. The zero-order chi connectivity index (χ0) is 18.7. The summed E-state index contributed by atoms with van der Waals surface area (Å²) in [6.07, 6.45) is 6.52. The van der Waals surface area contributed by atoms with Crippen molar-refractivity contribution in [1.82, 2.24) is 0 Å². The molecule has 0 radical (unpaired) electrons. The first kappa shape index (κ1) is 16.9. The molecular formula is C25H27N. The van der Waals surface area contributed by atoms with Crippen LogP contribution in [0.25, 0.3) is 11.1 Å². The highest BCUT2D eigenvalue weighted by molar-refractivity contribution is 5.81. The number of fused-ring (bicyclic) bond motifs is 3. The third-order valence-corrected chi connectivity index (χ3v) is 5.78. The molecule has 1 nitrogen and oxygen atoms in total. The van der Waals surface area contributed by atoms with Gasteiger partial charge >= 0.3 is 0 Å². The number of nitrogens with zero attached hydrogens (tertiary/aromatic N) is 1. The molecule has 0 N–H and O–H groups in total. The van der Waals surface area contributed by atoms with Gasteiger partial charge in [-0.25, -0.2) is 0 Å². The van der Waals surface area contributed by atoms with Crippen molar-refractivity contribution in [3.63, 3.8) is 0 Å². The number of allylic oxidation sites excluding steroid dienone is 2. The van der Waals surface area contributed by atoms with E-state index in [2.05, 4.69) is 102 Å². The van der Waals surface area contributed by atoms with Crippen LogP contribution in [0.3, 0.4) is 0 Å². The van der Waals surface area contributed by atoms with Crippen LogP contribution in [-0.2, 0) is 5.41 Å². The molecule has 1 aliphatic carbocycles. The lowest BCUT2D eigenvalue weighted by Crippen LogP contribution is -2.20. The lowest BCUT2D eigenvalue weighted by Gasteiger charge is -2.29. The Morgan fingerprint density at radius 2 is 1.65 bits per heavy atom. The van der Waals surface area contributed by atoms with Crippen LogP contribution in [0.1, 0.15) is 51.3 Å². The fourth-order valence-electron chi connectivity index (χ4n) is 4.11. The molecule has 1 heteroatoms. The largest absolute Gasteiger partial charge is 0.255 e. The first-order valence-electron chi connectivity index (χ1n) is 9.31. The predicted octanol–water partition coefficient (Wildman–Crippen LogP) is 6.09. The second-order valence-electron chi connectivity index (χ2n) is 8.95. The monoisotopic (exact) mass is 341 g/mol. The van der Waals surface area contributed by atoms with Crippen LogP contribution < -0.4 is 0 Å². The number of benzene rings is 2. The van der Waals surface area contributed by atoms with Crippen LogP contribution >= 0.6 is 0 Å². The van der Waals surface area contributed by atoms with E-state index in [1.165, 1.54) is 33.4 Å². The number of hydrogen-bond acceptors (Lipinski definition) is 0. The smallest absolute Gasteiger partial charge is 0.147 e. The number of hydrogen-bond donors (Lipinski definition) is 0. The molecule has 0 saturated heterocycles. The normalized spacial score (nSPS) is 17.8. The van der Waals surface area contributed by atoms with E-state index in [-0.39, 0.29) is 10.8 Å². The van der Waals surface area contributed by atoms with Crippen LogP contribution in [0, 0.1) is 11.5 Å². The Bertz CT molecular complexity index is 964. The van der Waals surface area contributed by atoms with Crippen LogP contribution in [-0.4, -0.2) is 11.3 Å². The van der Waals surface area contributed by atoms with E-state index in [4.69, 9.17) is 0 Å². The van der Waals surface area contributed by atoms with Crippen molar-refractivity contribution in [2.45, 2.75) is 40.0 Å². The minimum atomic E-state index is 0.0234. The Morgan fingerprint density at radius 1 is 0.962 bits per heavy atom. The van der Waals surface area contributed by atoms with Crippen molar-refractivity contribution in [3.05, 3.63) is 89.1 Å². The van der Waals surface area contributed by atoms with Crippen molar-refractivity contribution in [1.29, 1.82) is 0 Å². The summed E-state index contributed by atoms with van der Waals surface area (Å²) in [5.41, 5.74) is 8.24. The Kier molecular flexibility index (Phi) is 3.56. The SMILES string of the molecule is C=[N+]1C=CC(C(C)(C)C)=C[C-]1c1ccc2c(c1)C(C)(C)c1ccccc1-2. The summed E-state index contributed by atoms with van der Waals surface area (Å²) in [4.78, 5) is 0. The lowest BCUT2D eigenvalue weighted by molar-refractivity contribution is -0.418. The van der Waals surface area contributed by atoms with Crippen LogP contribution in [0.2, 0.25) is 0 Å². The van der Waals surface area contributed by atoms with Crippen LogP contribution in [0.4, 0.5) is 0 Å². The minimum Gasteiger partial charge on any atom is -0.255 e. The lowest BCUT2D eigenvalue weighted by atomic mass is 9.80. The van der Waals surface area contributed by atoms with Crippen molar-refractivity contribution in [3.8, 4) is 11.1 Å². The maximum Gasteiger partial charge on any atom is 0.147 e. The number of rotatable bonds is 1. The van der Waals surface area contributed by atoms with Gasteiger partial charge in [0.25, 0.3) is 0 Å². The molecule has 1 heterocycles. The summed E-state index contributed by atoms with van der Waals surface area (Å²) < 4.78 is 1.98. The van der Waals surface area contributed by atoms with Crippen molar-refractivity contribution >= 4 is 6.72 Å². The highest BCUT2D eigenvalue weighted by Crippen LogP contribution is 2.49. The Labute approximate surface area is 157 Å². The molecule has 0 saturated carbocycles. The van der Waals surface area contributed by atoms with Gasteiger partial charge in [-0.1, -0.05) is 88.2 Å². The Balaban J connectivity index is 1.82. The third kappa shape index (κ3) is 2.46. The highest BCUT2D eigenvalue weighted by Gasteiger charge is 2.35. The van der Waals surface area contributed by atoms with Crippen LogP contribution in [0.5, 0.6) is 0 Å². The first-order valence-corrected chi connectivity index (χ1v) is 9.31. The molecule has 2 aromatic carbocycles. The Morgan fingerprint density at radius 3 is 2.38 bits per heavy atom. The minimum absolute atomic E-state index is 0.0234. The molecule has 1 aliphatic heterocycles. The summed E-state index contributed by atoms with van der Waals surface area (Å²) in [5.74, 6) is 0.